The Hall–Kier alpha value is -3.41. The van der Waals surface area contributed by atoms with Gasteiger partial charge >= 0.3 is 0 Å². The van der Waals surface area contributed by atoms with Gasteiger partial charge in [0, 0.05) is 35.4 Å². The minimum absolute atomic E-state index is 0.116. The molecule has 1 fully saturated rings. The van der Waals surface area contributed by atoms with E-state index < -0.39 is 0 Å². The summed E-state index contributed by atoms with van der Waals surface area (Å²) >= 11 is 0. The normalized spacial score (nSPS) is 13.8. The number of ether oxygens (including phenoxy) is 1. The first kappa shape index (κ1) is 18.0. The molecule has 0 aliphatic carbocycles. The number of rotatable bonds is 5. The number of hydrogen-bond donors (Lipinski definition) is 1. The summed E-state index contributed by atoms with van der Waals surface area (Å²) in [4.78, 5) is 30.5. The van der Waals surface area contributed by atoms with Gasteiger partial charge in [-0.3, -0.25) is 9.59 Å². The summed E-state index contributed by atoms with van der Waals surface area (Å²) in [5.74, 6) is 0.424. The van der Waals surface area contributed by atoms with Gasteiger partial charge in [0.1, 0.15) is 11.3 Å². The number of pyridine rings is 1. The van der Waals surface area contributed by atoms with Crippen LogP contribution in [0.25, 0.3) is 10.9 Å². The van der Waals surface area contributed by atoms with Crippen molar-refractivity contribution in [2.24, 2.45) is 0 Å². The summed E-state index contributed by atoms with van der Waals surface area (Å²) in [6.45, 7) is 2.51. The number of benzene rings is 2. The predicted octanol–water partition coefficient (Wildman–Crippen LogP) is 3.69. The van der Waals surface area contributed by atoms with E-state index in [9.17, 15) is 9.59 Å². The van der Waals surface area contributed by atoms with Crippen molar-refractivity contribution in [2.45, 2.75) is 19.8 Å². The number of carbonyl (C=O) groups is 2. The number of hydrogen-bond acceptors (Lipinski definition) is 4. The molecule has 0 atom stereocenters. The van der Waals surface area contributed by atoms with Crippen molar-refractivity contribution in [3.05, 3.63) is 60.3 Å². The van der Waals surface area contributed by atoms with Gasteiger partial charge in [-0.15, -0.1) is 0 Å². The molecule has 1 N–H and O–H groups in total. The average molecular weight is 375 g/mol. The molecule has 1 saturated heterocycles. The van der Waals surface area contributed by atoms with Gasteiger partial charge in [-0.2, -0.15) is 0 Å². The molecule has 0 saturated carbocycles. The summed E-state index contributed by atoms with van der Waals surface area (Å²) in [6, 6.07) is 16.9. The monoisotopic (exact) mass is 375 g/mol. The van der Waals surface area contributed by atoms with E-state index >= 15 is 0 Å². The molecule has 142 valence electrons. The van der Waals surface area contributed by atoms with Gasteiger partial charge in [-0.05, 0) is 43.7 Å². The molecule has 2 aromatic carbocycles. The van der Waals surface area contributed by atoms with Crippen LogP contribution in [0.2, 0.25) is 0 Å². The van der Waals surface area contributed by atoms with Crippen LogP contribution < -0.4 is 15.0 Å². The number of nitrogens with one attached hydrogen (secondary N) is 1. The van der Waals surface area contributed by atoms with Crippen molar-refractivity contribution in [3.63, 3.8) is 0 Å². The maximum atomic E-state index is 12.3. The SMILES string of the molecule is Cc1ccc2cccc(OCC(=O)Nc3cccc(N4CCCC4=O)c3)c2n1. The molecule has 2 amide bonds. The molecular weight excluding hydrogens is 354 g/mol. The molecule has 6 heteroatoms. The van der Waals surface area contributed by atoms with Crippen molar-refractivity contribution in [3.8, 4) is 5.75 Å². The summed E-state index contributed by atoms with van der Waals surface area (Å²) in [5.41, 5.74) is 3.07. The lowest BCUT2D eigenvalue weighted by atomic mass is 10.2. The van der Waals surface area contributed by atoms with Crippen LogP contribution in [-0.2, 0) is 9.59 Å². The van der Waals surface area contributed by atoms with E-state index in [1.807, 2.05) is 55.5 Å². The molecule has 4 rings (SSSR count). The topological polar surface area (TPSA) is 71.5 Å². The summed E-state index contributed by atoms with van der Waals surface area (Å²) in [7, 11) is 0. The number of nitrogens with zero attached hydrogens (tertiary/aromatic N) is 2. The largest absolute Gasteiger partial charge is 0.481 e. The van der Waals surface area contributed by atoms with Gasteiger partial charge in [-0.25, -0.2) is 4.98 Å². The lowest BCUT2D eigenvalue weighted by molar-refractivity contribution is -0.118. The second-order valence-corrected chi connectivity index (χ2v) is 6.82. The van der Waals surface area contributed by atoms with E-state index in [1.54, 1.807) is 11.0 Å². The van der Waals surface area contributed by atoms with Crippen molar-refractivity contribution in [2.75, 3.05) is 23.4 Å². The van der Waals surface area contributed by atoms with Crippen LogP contribution in [0, 0.1) is 6.92 Å². The number of amides is 2. The molecular formula is C22H21N3O3. The summed E-state index contributed by atoms with van der Waals surface area (Å²) in [5, 5.41) is 3.79. The van der Waals surface area contributed by atoms with E-state index in [1.165, 1.54) is 0 Å². The van der Waals surface area contributed by atoms with E-state index in [0.717, 1.165) is 28.7 Å². The zero-order chi connectivity index (χ0) is 19.5. The number of para-hydroxylation sites is 1. The van der Waals surface area contributed by atoms with Gasteiger partial charge in [0.2, 0.25) is 5.91 Å². The maximum Gasteiger partial charge on any atom is 0.262 e. The fraction of sp³-hybridized carbons (Fsp3) is 0.227. The van der Waals surface area contributed by atoms with Gasteiger partial charge < -0.3 is 15.0 Å². The third-order valence-corrected chi connectivity index (χ3v) is 4.70. The van der Waals surface area contributed by atoms with Crippen molar-refractivity contribution >= 4 is 34.1 Å². The Bertz CT molecular complexity index is 1050. The molecule has 0 unspecified atom stereocenters. The number of anilines is 2. The first-order valence-electron chi connectivity index (χ1n) is 9.29. The number of carbonyl (C=O) groups excluding carboxylic acids is 2. The minimum Gasteiger partial charge on any atom is -0.481 e. The molecule has 1 aliphatic rings. The highest BCUT2D eigenvalue weighted by Gasteiger charge is 2.21. The molecule has 3 aromatic rings. The fourth-order valence-corrected chi connectivity index (χ4v) is 3.35. The highest BCUT2D eigenvalue weighted by atomic mass is 16.5. The summed E-state index contributed by atoms with van der Waals surface area (Å²) in [6.07, 6.45) is 1.44. The molecule has 1 aromatic heterocycles. The molecule has 0 spiro atoms. The quantitative estimate of drug-likeness (QED) is 0.738. The Balaban J connectivity index is 1.43. The van der Waals surface area contributed by atoms with E-state index in [-0.39, 0.29) is 18.4 Å². The van der Waals surface area contributed by atoms with Crippen LogP contribution in [0.15, 0.2) is 54.6 Å². The third-order valence-electron chi connectivity index (χ3n) is 4.70. The van der Waals surface area contributed by atoms with E-state index in [0.29, 0.717) is 24.4 Å². The highest BCUT2D eigenvalue weighted by molar-refractivity contribution is 5.97. The molecule has 6 nitrogen and oxygen atoms in total. The van der Waals surface area contributed by atoms with Crippen LogP contribution in [0.5, 0.6) is 5.75 Å². The fourth-order valence-electron chi connectivity index (χ4n) is 3.35. The number of aromatic nitrogens is 1. The average Bonchev–Trinajstić information content (AvgIpc) is 3.12. The zero-order valence-electron chi connectivity index (χ0n) is 15.6. The van der Waals surface area contributed by atoms with Crippen molar-refractivity contribution in [1.29, 1.82) is 0 Å². The molecule has 1 aliphatic heterocycles. The highest BCUT2D eigenvalue weighted by Crippen LogP contribution is 2.25. The van der Waals surface area contributed by atoms with E-state index in [2.05, 4.69) is 10.3 Å². The Morgan fingerprint density at radius 2 is 2.04 bits per heavy atom. The van der Waals surface area contributed by atoms with E-state index in [4.69, 9.17) is 4.74 Å². The molecule has 0 radical (unpaired) electrons. The molecule has 0 bridgehead atoms. The number of fused-ring (bicyclic) bond motifs is 1. The molecule has 28 heavy (non-hydrogen) atoms. The standard InChI is InChI=1S/C22H21N3O3/c1-15-10-11-16-5-2-8-19(22(16)23-15)28-14-20(26)24-17-6-3-7-18(13-17)25-12-4-9-21(25)27/h2-3,5-8,10-11,13H,4,9,12,14H2,1H3,(H,24,26). The smallest absolute Gasteiger partial charge is 0.262 e. The Kier molecular flexibility index (Phi) is 4.93. The van der Waals surface area contributed by atoms with Gasteiger partial charge in [0.25, 0.3) is 5.91 Å². The van der Waals surface area contributed by atoms with Crippen LogP contribution in [0.1, 0.15) is 18.5 Å². The number of aryl methyl sites for hydroxylation is 1. The minimum atomic E-state index is -0.269. The Labute approximate surface area is 163 Å². The second kappa shape index (κ2) is 7.68. The van der Waals surface area contributed by atoms with Gasteiger partial charge in [0.05, 0.1) is 0 Å². The van der Waals surface area contributed by atoms with Crippen molar-refractivity contribution in [1.82, 2.24) is 4.98 Å². The maximum absolute atomic E-state index is 12.3. The second-order valence-electron chi connectivity index (χ2n) is 6.82. The lowest BCUT2D eigenvalue weighted by Crippen LogP contribution is -2.24. The van der Waals surface area contributed by atoms with Crippen molar-refractivity contribution < 1.29 is 14.3 Å². The first-order valence-corrected chi connectivity index (χ1v) is 9.29. The molecule has 2 heterocycles. The van der Waals surface area contributed by atoms with Crippen LogP contribution >= 0.6 is 0 Å². The summed E-state index contributed by atoms with van der Waals surface area (Å²) < 4.78 is 5.72. The van der Waals surface area contributed by atoms with Gasteiger partial charge in [0.15, 0.2) is 6.61 Å². The van der Waals surface area contributed by atoms with Gasteiger partial charge in [-0.1, -0.05) is 24.3 Å². The van der Waals surface area contributed by atoms with Crippen LogP contribution in [0.3, 0.4) is 0 Å². The predicted molar refractivity (Wildman–Crippen MR) is 109 cm³/mol. The van der Waals surface area contributed by atoms with Crippen LogP contribution in [0.4, 0.5) is 11.4 Å². The zero-order valence-corrected chi connectivity index (χ0v) is 15.6. The van der Waals surface area contributed by atoms with Crippen LogP contribution in [-0.4, -0.2) is 29.9 Å². The lowest BCUT2D eigenvalue weighted by Gasteiger charge is -2.17. The first-order chi connectivity index (χ1) is 13.6. The Morgan fingerprint density at radius 1 is 1.18 bits per heavy atom. The third kappa shape index (κ3) is 3.81. The Morgan fingerprint density at radius 3 is 2.86 bits per heavy atom.